The average Bonchev–Trinajstić information content (AvgIpc) is 3.24. The molecule has 0 spiro atoms. The van der Waals surface area contributed by atoms with Crippen molar-refractivity contribution in [3.05, 3.63) is 48.6 Å². The number of amides is 1. The van der Waals surface area contributed by atoms with Gasteiger partial charge in [-0.05, 0) is 57.8 Å². The van der Waals surface area contributed by atoms with Crippen molar-refractivity contribution >= 4 is 13.7 Å². The van der Waals surface area contributed by atoms with Gasteiger partial charge in [-0.2, -0.15) is 0 Å². The number of phosphoric acid groups is 1. The molecule has 9 heteroatoms. The lowest BCUT2D eigenvalue weighted by molar-refractivity contribution is -0.870. The predicted octanol–water partition coefficient (Wildman–Crippen LogP) is 15.6. The molecule has 0 aromatic rings. The van der Waals surface area contributed by atoms with Crippen molar-refractivity contribution in [2.45, 2.75) is 251 Å². The maximum Gasteiger partial charge on any atom is 0.472 e. The minimum absolute atomic E-state index is 0.0605. The Morgan fingerprint density at radius 3 is 1.32 bits per heavy atom. The number of carbonyl (C=O) groups excluding carboxylic acids is 1. The SMILES string of the molecule is CCCCCCC/C=C\C/C=C\C/C=C\CCCCCCCCCCCCCCC(=O)NC(COP(=O)(O)OCC[N+](C)(C)C)C(O)/C=C/CCCCCCCCCCCCCC. The number of rotatable bonds is 48. The van der Waals surface area contributed by atoms with Crippen LogP contribution in [0.4, 0.5) is 0 Å². The summed E-state index contributed by atoms with van der Waals surface area (Å²) in [5, 5.41) is 13.9. The fourth-order valence-corrected chi connectivity index (χ4v) is 8.31. The van der Waals surface area contributed by atoms with E-state index in [0.717, 1.165) is 51.4 Å². The van der Waals surface area contributed by atoms with Gasteiger partial charge in [-0.1, -0.05) is 223 Å². The molecule has 370 valence electrons. The standard InChI is InChI=1S/C54H103N2O6P/c1-6-8-10-12-14-16-18-20-22-23-24-25-26-27-28-29-30-31-32-33-34-36-38-40-42-44-46-48-54(58)55-52(51-62-63(59,60)61-50-49-56(3,4)5)53(57)47-45-43-41-39-37-35-21-19-17-15-13-11-9-7-2/h18,20,23-24,26-27,45,47,52-53,57H,6-17,19,21-22,25,28-44,46,48-51H2,1-5H3,(H-,55,58,59,60)/p+1/b20-18-,24-23-,27-26-,47-45+. The minimum atomic E-state index is -4.34. The van der Waals surface area contributed by atoms with E-state index in [9.17, 15) is 19.4 Å². The van der Waals surface area contributed by atoms with Gasteiger partial charge in [0.1, 0.15) is 13.2 Å². The number of aliphatic hydroxyl groups is 1. The van der Waals surface area contributed by atoms with E-state index in [1.807, 2.05) is 27.2 Å². The van der Waals surface area contributed by atoms with Crippen molar-refractivity contribution in [3.8, 4) is 0 Å². The second-order valence-electron chi connectivity index (χ2n) is 19.3. The highest BCUT2D eigenvalue weighted by atomic mass is 31.2. The third-order valence-corrected chi connectivity index (χ3v) is 12.8. The van der Waals surface area contributed by atoms with Crippen molar-refractivity contribution in [3.63, 3.8) is 0 Å². The normalized spacial score (nSPS) is 14.5. The molecule has 8 nitrogen and oxygen atoms in total. The van der Waals surface area contributed by atoms with E-state index in [1.165, 1.54) is 167 Å². The first-order valence-electron chi connectivity index (χ1n) is 26.5. The lowest BCUT2D eigenvalue weighted by atomic mass is 10.0. The van der Waals surface area contributed by atoms with E-state index in [-0.39, 0.29) is 19.1 Å². The van der Waals surface area contributed by atoms with Gasteiger partial charge in [-0.15, -0.1) is 0 Å². The largest absolute Gasteiger partial charge is 0.472 e. The van der Waals surface area contributed by atoms with Gasteiger partial charge in [0.15, 0.2) is 0 Å². The van der Waals surface area contributed by atoms with Crippen LogP contribution in [-0.4, -0.2) is 73.4 Å². The second kappa shape index (κ2) is 45.6. The molecule has 63 heavy (non-hydrogen) atoms. The number of unbranched alkanes of at least 4 members (excludes halogenated alkanes) is 29. The Morgan fingerprint density at radius 2 is 0.905 bits per heavy atom. The van der Waals surface area contributed by atoms with Crippen molar-refractivity contribution < 1.29 is 32.9 Å². The van der Waals surface area contributed by atoms with E-state index in [1.54, 1.807) is 6.08 Å². The number of nitrogens with zero attached hydrogens (tertiary/aromatic N) is 1. The number of quaternary nitrogens is 1. The monoisotopic (exact) mass is 908 g/mol. The molecule has 0 heterocycles. The number of allylic oxidation sites excluding steroid dienone is 7. The number of phosphoric ester groups is 1. The number of nitrogens with one attached hydrogen (secondary N) is 1. The molecular formula is C54H104N2O6P+. The topological polar surface area (TPSA) is 105 Å². The molecule has 0 aliphatic rings. The Labute approximate surface area is 390 Å². The van der Waals surface area contributed by atoms with Gasteiger partial charge in [-0.3, -0.25) is 13.8 Å². The van der Waals surface area contributed by atoms with Crippen LogP contribution in [-0.2, 0) is 18.4 Å². The van der Waals surface area contributed by atoms with Crippen LogP contribution in [0.25, 0.3) is 0 Å². The van der Waals surface area contributed by atoms with E-state index in [4.69, 9.17) is 9.05 Å². The molecule has 0 saturated heterocycles. The Kier molecular flexibility index (Phi) is 44.5. The summed E-state index contributed by atoms with van der Waals surface area (Å²) in [7, 11) is 1.57. The Bertz CT molecular complexity index is 1170. The van der Waals surface area contributed by atoms with Crippen LogP contribution in [0.3, 0.4) is 0 Å². The first kappa shape index (κ1) is 61.5. The number of hydrogen-bond acceptors (Lipinski definition) is 5. The maximum atomic E-state index is 12.9. The smallest absolute Gasteiger partial charge is 0.387 e. The third kappa shape index (κ3) is 48.2. The zero-order chi connectivity index (χ0) is 46.4. The molecule has 3 unspecified atom stereocenters. The Balaban J connectivity index is 4.20. The van der Waals surface area contributed by atoms with Crippen LogP contribution < -0.4 is 5.32 Å². The lowest BCUT2D eigenvalue weighted by Crippen LogP contribution is -2.45. The molecule has 3 N–H and O–H groups in total. The summed E-state index contributed by atoms with van der Waals surface area (Å²) in [5.41, 5.74) is 0. The van der Waals surface area contributed by atoms with E-state index >= 15 is 0 Å². The number of likely N-dealkylation sites (N-methyl/N-ethyl adjacent to an activating group) is 1. The Hall–Kier alpha value is -1.54. The second-order valence-corrected chi connectivity index (χ2v) is 20.7. The highest BCUT2D eigenvalue weighted by Crippen LogP contribution is 2.43. The van der Waals surface area contributed by atoms with Crippen LogP contribution in [0.5, 0.6) is 0 Å². The molecule has 0 rings (SSSR count). The van der Waals surface area contributed by atoms with Crippen molar-refractivity contribution in [1.29, 1.82) is 0 Å². The maximum absolute atomic E-state index is 12.9. The number of carbonyl (C=O) groups is 1. The van der Waals surface area contributed by atoms with Crippen LogP contribution in [0.15, 0.2) is 48.6 Å². The quantitative estimate of drug-likeness (QED) is 0.0243. The van der Waals surface area contributed by atoms with Crippen molar-refractivity contribution in [2.75, 3.05) is 40.9 Å². The highest BCUT2D eigenvalue weighted by molar-refractivity contribution is 7.47. The number of hydrogen-bond donors (Lipinski definition) is 3. The van der Waals surface area contributed by atoms with Gasteiger partial charge in [0.25, 0.3) is 0 Å². The summed E-state index contributed by atoms with van der Waals surface area (Å²) in [6.07, 6.45) is 59.1. The van der Waals surface area contributed by atoms with Gasteiger partial charge >= 0.3 is 7.82 Å². The fourth-order valence-electron chi connectivity index (χ4n) is 7.58. The van der Waals surface area contributed by atoms with Gasteiger partial charge in [0.05, 0.1) is 39.9 Å². The van der Waals surface area contributed by atoms with Crippen LogP contribution >= 0.6 is 7.82 Å². The zero-order valence-electron chi connectivity index (χ0n) is 42.1. The number of aliphatic hydroxyl groups excluding tert-OH is 1. The molecule has 0 aromatic carbocycles. The summed E-state index contributed by atoms with van der Waals surface area (Å²) in [4.78, 5) is 23.2. The molecule has 1 amide bonds. The minimum Gasteiger partial charge on any atom is -0.387 e. The van der Waals surface area contributed by atoms with Gasteiger partial charge in [-0.25, -0.2) is 4.57 Å². The van der Waals surface area contributed by atoms with Gasteiger partial charge in [0, 0.05) is 6.42 Å². The van der Waals surface area contributed by atoms with Crippen molar-refractivity contribution in [2.24, 2.45) is 0 Å². The molecule has 0 bridgehead atoms. The lowest BCUT2D eigenvalue weighted by Gasteiger charge is -2.25. The molecule has 0 fully saturated rings. The zero-order valence-corrected chi connectivity index (χ0v) is 43.0. The first-order chi connectivity index (χ1) is 30.5. The third-order valence-electron chi connectivity index (χ3n) is 11.8. The average molecular weight is 908 g/mol. The van der Waals surface area contributed by atoms with Gasteiger partial charge < -0.3 is 19.8 Å². The van der Waals surface area contributed by atoms with E-state index in [2.05, 4.69) is 55.6 Å². The Morgan fingerprint density at radius 1 is 0.540 bits per heavy atom. The molecule has 3 atom stereocenters. The first-order valence-corrected chi connectivity index (χ1v) is 28.0. The molecule has 0 radical (unpaired) electrons. The van der Waals surface area contributed by atoms with Crippen LogP contribution in [0, 0.1) is 0 Å². The molecular weight excluding hydrogens is 804 g/mol. The summed E-state index contributed by atoms with van der Waals surface area (Å²) in [6.45, 7) is 4.81. The molecule has 0 aliphatic heterocycles. The summed E-state index contributed by atoms with van der Waals surface area (Å²) >= 11 is 0. The summed E-state index contributed by atoms with van der Waals surface area (Å²) < 4.78 is 23.6. The molecule has 0 aromatic heterocycles. The van der Waals surface area contributed by atoms with Crippen LogP contribution in [0.1, 0.15) is 239 Å². The molecule has 0 saturated carbocycles. The van der Waals surface area contributed by atoms with E-state index < -0.39 is 20.0 Å². The molecule has 0 aliphatic carbocycles. The summed E-state index contributed by atoms with van der Waals surface area (Å²) in [5.74, 6) is -0.179. The van der Waals surface area contributed by atoms with Crippen molar-refractivity contribution in [1.82, 2.24) is 5.32 Å². The summed E-state index contributed by atoms with van der Waals surface area (Å²) in [6, 6.07) is -0.847. The van der Waals surface area contributed by atoms with E-state index in [0.29, 0.717) is 17.4 Å². The predicted molar refractivity (Wildman–Crippen MR) is 272 cm³/mol. The highest BCUT2D eigenvalue weighted by Gasteiger charge is 2.27. The van der Waals surface area contributed by atoms with Crippen LogP contribution in [0.2, 0.25) is 0 Å². The van der Waals surface area contributed by atoms with Gasteiger partial charge in [0.2, 0.25) is 5.91 Å². The fraction of sp³-hybridized carbons (Fsp3) is 0.833.